The van der Waals surface area contributed by atoms with E-state index in [1.807, 2.05) is 32.0 Å². The van der Waals surface area contributed by atoms with E-state index in [-0.39, 0.29) is 17.1 Å². The van der Waals surface area contributed by atoms with Gasteiger partial charge in [-0.1, -0.05) is 12.1 Å². The molecule has 160 valence electrons. The fraction of sp³-hybridized carbons (Fsp3) is 0.333. The molecule has 1 aliphatic heterocycles. The molecule has 30 heavy (non-hydrogen) atoms. The van der Waals surface area contributed by atoms with Crippen LogP contribution in [0.3, 0.4) is 0 Å². The van der Waals surface area contributed by atoms with Gasteiger partial charge in [0.1, 0.15) is 5.75 Å². The van der Waals surface area contributed by atoms with Crippen LogP contribution in [0, 0.1) is 13.8 Å². The second-order valence-corrected chi connectivity index (χ2v) is 9.13. The number of carbonyl (C=O) groups is 2. The number of amides is 2. The summed E-state index contributed by atoms with van der Waals surface area (Å²) in [5, 5.41) is 0. The molecule has 0 atom stereocenters. The van der Waals surface area contributed by atoms with Gasteiger partial charge in [-0.25, -0.2) is 8.42 Å². The van der Waals surface area contributed by atoms with Crippen molar-refractivity contribution < 1.29 is 22.7 Å². The Balaban J connectivity index is 1.52. The maximum atomic E-state index is 12.5. The molecule has 2 amide bonds. The molecule has 1 heterocycles. The third-order valence-electron chi connectivity index (χ3n) is 4.84. The van der Waals surface area contributed by atoms with E-state index in [2.05, 4.69) is 10.9 Å². The van der Waals surface area contributed by atoms with Gasteiger partial charge < -0.3 is 4.74 Å². The van der Waals surface area contributed by atoms with Gasteiger partial charge in [0.2, 0.25) is 10.0 Å². The topological polar surface area (TPSA) is 105 Å². The Bertz CT molecular complexity index is 1030. The first-order valence-electron chi connectivity index (χ1n) is 9.67. The molecule has 3 rings (SSSR count). The molecular formula is C21H25N3O5S. The highest BCUT2D eigenvalue weighted by atomic mass is 32.2. The van der Waals surface area contributed by atoms with Crippen molar-refractivity contribution in [1.82, 2.24) is 15.2 Å². The molecule has 1 saturated heterocycles. The van der Waals surface area contributed by atoms with Crippen LogP contribution in [0.4, 0.5) is 0 Å². The van der Waals surface area contributed by atoms with Gasteiger partial charge >= 0.3 is 0 Å². The first-order valence-corrected chi connectivity index (χ1v) is 11.1. The first kappa shape index (κ1) is 21.8. The van der Waals surface area contributed by atoms with Crippen molar-refractivity contribution in [2.75, 3.05) is 19.7 Å². The largest absolute Gasteiger partial charge is 0.483 e. The number of rotatable bonds is 6. The van der Waals surface area contributed by atoms with Crippen LogP contribution in [0.25, 0.3) is 0 Å². The second kappa shape index (κ2) is 9.27. The molecule has 0 aromatic heterocycles. The molecule has 1 fully saturated rings. The van der Waals surface area contributed by atoms with Crippen molar-refractivity contribution in [2.45, 2.75) is 31.6 Å². The van der Waals surface area contributed by atoms with E-state index >= 15 is 0 Å². The van der Waals surface area contributed by atoms with Gasteiger partial charge in [0.25, 0.3) is 11.8 Å². The molecule has 2 N–H and O–H groups in total. The van der Waals surface area contributed by atoms with Gasteiger partial charge in [-0.05, 0) is 68.1 Å². The molecule has 1 aliphatic rings. The molecule has 2 aromatic carbocycles. The average molecular weight is 432 g/mol. The summed E-state index contributed by atoms with van der Waals surface area (Å²) in [5.74, 6) is -0.469. The van der Waals surface area contributed by atoms with Crippen molar-refractivity contribution in [3.05, 3.63) is 59.2 Å². The summed E-state index contributed by atoms with van der Waals surface area (Å²) < 4.78 is 32.0. The summed E-state index contributed by atoms with van der Waals surface area (Å²) in [6.45, 7) is 4.58. The van der Waals surface area contributed by atoms with Crippen molar-refractivity contribution in [3.8, 4) is 5.75 Å². The van der Waals surface area contributed by atoms with Crippen LogP contribution in [0.5, 0.6) is 5.75 Å². The summed E-state index contributed by atoms with van der Waals surface area (Å²) >= 11 is 0. The smallest absolute Gasteiger partial charge is 0.276 e. The molecule has 2 aromatic rings. The maximum Gasteiger partial charge on any atom is 0.276 e. The van der Waals surface area contributed by atoms with E-state index in [0.29, 0.717) is 18.8 Å². The van der Waals surface area contributed by atoms with Crippen LogP contribution < -0.4 is 15.6 Å². The zero-order chi connectivity index (χ0) is 21.7. The number of hydrogen-bond donors (Lipinski definition) is 2. The highest BCUT2D eigenvalue weighted by molar-refractivity contribution is 7.89. The summed E-state index contributed by atoms with van der Waals surface area (Å²) in [4.78, 5) is 24.3. The Labute approximate surface area is 176 Å². The standard InChI is InChI=1S/C21H25N3O5S/c1-15-5-6-16(2)19(13-15)29-14-20(25)22-23-21(26)17-7-9-18(10-8-17)30(27,28)24-11-3-4-12-24/h5-10,13H,3-4,11-12,14H2,1-2H3,(H,22,25)(H,23,26). The number of hydrogen-bond acceptors (Lipinski definition) is 5. The molecule has 8 nitrogen and oxygen atoms in total. The number of carbonyl (C=O) groups excluding carboxylic acids is 2. The average Bonchev–Trinajstić information content (AvgIpc) is 3.28. The van der Waals surface area contributed by atoms with Gasteiger partial charge in [-0.2, -0.15) is 4.31 Å². The van der Waals surface area contributed by atoms with Crippen LogP contribution in [0.1, 0.15) is 34.3 Å². The Kier molecular flexibility index (Phi) is 6.73. The SMILES string of the molecule is Cc1ccc(C)c(OCC(=O)NNC(=O)c2ccc(S(=O)(=O)N3CCCC3)cc2)c1. The van der Waals surface area contributed by atoms with Gasteiger partial charge in [0.05, 0.1) is 4.90 Å². The molecule has 9 heteroatoms. The van der Waals surface area contributed by atoms with Crippen LogP contribution in [-0.4, -0.2) is 44.2 Å². The molecule has 0 spiro atoms. The molecule has 0 radical (unpaired) electrons. The van der Waals surface area contributed by atoms with Gasteiger partial charge in [0, 0.05) is 18.7 Å². The maximum absolute atomic E-state index is 12.5. The summed E-state index contributed by atoms with van der Waals surface area (Å²) in [6, 6.07) is 11.3. The van der Waals surface area contributed by atoms with Crippen LogP contribution in [-0.2, 0) is 14.8 Å². The molecule has 0 saturated carbocycles. The van der Waals surface area contributed by atoms with Crippen molar-refractivity contribution >= 4 is 21.8 Å². The third kappa shape index (κ3) is 5.17. The number of nitrogens with one attached hydrogen (secondary N) is 2. The minimum Gasteiger partial charge on any atom is -0.483 e. The van der Waals surface area contributed by atoms with Crippen molar-refractivity contribution in [3.63, 3.8) is 0 Å². The number of aryl methyl sites for hydroxylation is 2. The van der Waals surface area contributed by atoms with E-state index in [0.717, 1.165) is 24.0 Å². The Morgan fingerprint density at radius 3 is 2.33 bits per heavy atom. The lowest BCUT2D eigenvalue weighted by atomic mass is 10.1. The zero-order valence-electron chi connectivity index (χ0n) is 17.0. The predicted molar refractivity (Wildman–Crippen MR) is 111 cm³/mol. The van der Waals surface area contributed by atoms with Crippen LogP contribution >= 0.6 is 0 Å². The Morgan fingerprint density at radius 1 is 1.00 bits per heavy atom. The van der Waals surface area contributed by atoms with Gasteiger partial charge in [-0.3, -0.25) is 20.4 Å². The number of benzene rings is 2. The highest BCUT2D eigenvalue weighted by Gasteiger charge is 2.27. The van der Waals surface area contributed by atoms with Crippen LogP contribution in [0.15, 0.2) is 47.4 Å². The third-order valence-corrected chi connectivity index (χ3v) is 6.75. The minimum absolute atomic E-state index is 0.145. The number of hydrazine groups is 1. The summed E-state index contributed by atoms with van der Waals surface area (Å²) in [5.41, 5.74) is 6.73. The fourth-order valence-corrected chi connectivity index (χ4v) is 4.61. The summed E-state index contributed by atoms with van der Waals surface area (Å²) in [6.07, 6.45) is 1.71. The number of ether oxygens (including phenoxy) is 1. The normalized spacial score (nSPS) is 14.3. The lowest BCUT2D eigenvalue weighted by Crippen LogP contribution is -2.43. The Morgan fingerprint density at radius 2 is 1.67 bits per heavy atom. The molecule has 0 unspecified atom stereocenters. The quantitative estimate of drug-likeness (QED) is 0.680. The highest BCUT2D eigenvalue weighted by Crippen LogP contribution is 2.21. The van der Waals surface area contributed by atoms with E-state index in [9.17, 15) is 18.0 Å². The minimum atomic E-state index is -3.53. The number of sulfonamides is 1. The van der Waals surface area contributed by atoms with Crippen LogP contribution in [0.2, 0.25) is 0 Å². The van der Waals surface area contributed by atoms with E-state index < -0.39 is 21.8 Å². The lowest BCUT2D eigenvalue weighted by Gasteiger charge is -2.15. The molecular weight excluding hydrogens is 406 g/mol. The fourth-order valence-electron chi connectivity index (χ4n) is 3.10. The van der Waals surface area contributed by atoms with E-state index in [4.69, 9.17) is 4.74 Å². The van der Waals surface area contributed by atoms with Crippen molar-refractivity contribution in [2.24, 2.45) is 0 Å². The van der Waals surface area contributed by atoms with Gasteiger partial charge in [-0.15, -0.1) is 0 Å². The predicted octanol–water partition coefficient (Wildman–Crippen LogP) is 1.93. The summed E-state index contributed by atoms with van der Waals surface area (Å²) in [7, 11) is -3.53. The lowest BCUT2D eigenvalue weighted by molar-refractivity contribution is -0.123. The Hall–Kier alpha value is -2.91. The van der Waals surface area contributed by atoms with Gasteiger partial charge in [0.15, 0.2) is 6.61 Å². The molecule has 0 bridgehead atoms. The second-order valence-electron chi connectivity index (χ2n) is 7.20. The monoisotopic (exact) mass is 431 g/mol. The van der Waals surface area contributed by atoms with E-state index in [1.165, 1.54) is 28.6 Å². The first-order chi connectivity index (χ1) is 14.3. The van der Waals surface area contributed by atoms with Crippen molar-refractivity contribution in [1.29, 1.82) is 0 Å². The van der Waals surface area contributed by atoms with E-state index in [1.54, 1.807) is 0 Å². The number of nitrogens with zero attached hydrogens (tertiary/aromatic N) is 1. The zero-order valence-corrected chi connectivity index (χ0v) is 17.8. The molecule has 0 aliphatic carbocycles.